The summed E-state index contributed by atoms with van der Waals surface area (Å²) in [5, 5.41) is 11.8. The molecule has 2 aromatic rings. The van der Waals surface area contributed by atoms with Crippen molar-refractivity contribution in [3.63, 3.8) is 0 Å². The van der Waals surface area contributed by atoms with Gasteiger partial charge in [0.25, 0.3) is 0 Å². The van der Waals surface area contributed by atoms with Gasteiger partial charge in [0.1, 0.15) is 6.07 Å². The van der Waals surface area contributed by atoms with Crippen molar-refractivity contribution in [1.82, 2.24) is 0 Å². The molecule has 2 N–H and O–H groups in total. The highest BCUT2D eigenvalue weighted by atomic mass is 35.5. The molecule has 0 radical (unpaired) electrons. The molecule has 0 aliphatic carbocycles. The van der Waals surface area contributed by atoms with Gasteiger partial charge in [-0.1, -0.05) is 29.8 Å². The van der Waals surface area contributed by atoms with Gasteiger partial charge in [-0.15, -0.1) is 11.3 Å². The molecule has 0 atom stereocenters. The summed E-state index contributed by atoms with van der Waals surface area (Å²) < 4.78 is 0. The van der Waals surface area contributed by atoms with Gasteiger partial charge in [-0.3, -0.25) is 0 Å². The molecule has 0 aliphatic heterocycles. The van der Waals surface area contributed by atoms with Crippen LogP contribution in [0, 0.1) is 18.3 Å². The number of thiophene rings is 1. The molecule has 90 valence electrons. The highest BCUT2D eigenvalue weighted by Crippen LogP contribution is 2.27. The summed E-state index contributed by atoms with van der Waals surface area (Å²) in [5.41, 5.74) is 8.78. The van der Waals surface area contributed by atoms with Gasteiger partial charge in [0.15, 0.2) is 0 Å². The first-order valence-electron chi connectivity index (χ1n) is 5.33. The zero-order valence-corrected chi connectivity index (χ0v) is 11.3. The second-order valence-corrected chi connectivity index (χ2v) is 5.20. The van der Waals surface area contributed by atoms with Crippen LogP contribution in [0.1, 0.15) is 16.0 Å². The van der Waals surface area contributed by atoms with Crippen molar-refractivity contribution >= 4 is 34.2 Å². The van der Waals surface area contributed by atoms with Gasteiger partial charge >= 0.3 is 0 Å². The van der Waals surface area contributed by atoms with Crippen LogP contribution in [0.2, 0.25) is 5.02 Å². The van der Waals surface area contributed by atoms with Crippen LogP contribution < -0.4 is 5.73 Å². The van der Waals surface area contributed by atoms with Gasteiger partial charge in [0.2, 0.25) is 0 Å². The first-order chi connectivity index (χ1) is 8.63. The minimum absolute atomic E-state index is 0.460. The fourth-order valence-electron chi connectivity index (χ4n) is 1.57. The van der Waals surface area contributed by atoms with Crippen LogP contribution in [0.15, 0.2) is 35.7 Å². The molecule has 2 nitrogen and oxygen atoms in total. The number of aryl methyl sites for hydroxylation is 1. The molecule has 0 spiro atoms. The Hall–Kier alpha value is -1.76. The number of benzene rings is 1. The Bertz CT molecular complexity index is 636. The smallest absolute Gasteiger partial charge is 0.103 e. The summed E-state index contributed by atoms with van der Waals surface area (Å²) in [5.74, 6) is 0. The van der Waals surface area contributed by atoms with Crippen molar-refractivity contribution in [2.75, 3.05) is 0 Å². The van der Waals surface area contributed by atoms with Crippen molar-refractivity contribution in [2.45, 2.75) is 6.92 Å². The van der Waals surface area contributed by atoms with Crippen molar-refractivity contribution in [3.8, 4) is 6.07 Å². The summed E-state index contributed by atoms with van der Waals surface area (Å²) in [6.07, 6.45) is 0. The van der Waals surface area contributed by atoms with Gasteiger partial charge in [-0.05, 0) is 30.0 Å². The third-order valence-electron chi connectivity index (χ3n) is 2.63. The molecule has 18 heavy (non-hydrogen) atoms. The van der Waals surface area contributed by atoms with E-state index in [1.54, 1.807) is 6.07 Å². The monoisotopic (exact) mass is 274 g/mol. The second kappa shape index (κ2) is 5.26. The average Bonchev–Trinajstić information content (AvgIpc) is 2.87. The first-order valence-corrected chi connectivity index (χ1v) is 6.59. The van der Waals surface area contributed by atoms with E-state index in [2.05, 4.69) is 6.07 Å². The van der Waals surface area contributed by atoms with E-state index in [-0.39, 0.29) is 0 Å². The molecular weight excluding hydrogens is 264 g/mol. The number of rotatable bonds is 2. The quantitative estimate of drug-likeness (QED) is 0.840. The van der Waals surface area contributed by atoms with E-state index in [9.17, 15) is 5.26 Å². The topological polar surface area (TPSA) is 49.8 Å². The van der Waals surface area contributed by atoms with Crippen molar-refractivity contribution in [1.29, 1.82) is 5.26 Å². The Morgan fingerprint density at radius 3 is 2.72 bits per heavy atom. The van der Waals surface area contributed by atoms with Crippen molar-refractivity contribution in [3.05, 3.63) is 56.7 Å². The van der Waals surface area contributed by atoms with E-state index in [0.717, 1.165) is 16.0 Å². The maximum atomic E-state index is 9.24. The van der Waals surface area contributed by atoms with Gasteiger partial charge in [0, 0.05) is 15.5 Å². The maximum Gasteiger partial charge on any atom is 0.103 e. The van der Waals surface area contributed by atoms with E-state index in [1.165, 1.54) is 11.3 Å². The van der Waals surface area contributed by atoms with Crippen molar-refractivity contribution in [2.24, 2.45) is 5.73 Å². The second-order valence-electron chi connectivity index (χ2n) is 3.84. The van der Waals surface area contributed by atoms with E-state index < -0.39 is 0 Å². The van der Waals surface area contributed by atoms with Crippen LogP contribution in [0.3, 0.4) is 0 Å². The van der Waals surface area contributed by atoms with E-state index >= 15 is 0 Å². The molecule has 0 amide bonds. The SMILES string of the molecule is Cc1ccc(/C(N)=C(/C#N)c2cccs2)cc1Cl. The summed E-state index contributed by atoms with van der Waals surface area (Å²) in [7, 11) is 0. The van der Waals surface area contributed by atoms with Crippen LogP contribution in [0.25, 0.3) is 11.3 Å². The Labute approximate surface area is 115 Å². The first kappa shape index (κ1) is 12.7. The molecule has 0 saturated heterocycles. The van der Waals surface area contributed by atoms with Crippen molar-refractivity contribution < 1.29 is 0 Å². The molecular formula is C14H11ClN2S. The van der Waals surface area contributed by atoms with Gasteiger partial charge in [0.05, 0.1) is 11.3 Å². The lowest BCUT2D eigenvalue weighted by Gasteiger charge is -2.06. The molecule has 4 heteroatoms. The predicted octanol–water partition coefficient (Wildman–Crippen LogP) is 4.06. The Morgan fingerprint density at radius 1 is 1.39 bits per heavy atom. The zero-order valence-electron chi connectivity index (χ0n) is 9.77. The minimum atomic E-state index is 0.460. The Morgan fingerprint density at radius 2 is 2.17 bits per heavy atom. The van der Waals surface area contributed by atoms with Crippen LogP contribution in [-0.2, 0) is 0 Å². The molecule has 1 aromatic heterocycles. The molecule has 1 aromatic carbocycles. The highest BCUT2D eigenvalue weighted by molar-refractivity contribution is 7.11. The zero-order chi connectivity index (χ0) is 13.1. The summed E-state index contributed by atoms with van der Waals surface area (Å²) in [6.45, 7) is 1.93. The number of nitrogens with zero attached hydrogens (tertiary/aromatic N) is 1. The lowest BCUT2D eigenvalue weighted by molar-refractivity contribution is 1.43. The fraction of sp³-hybridized carbons (Fsp3) is 0.0714. The molecule has 1 heterocycles. The van der Waals surface area contributed by atoms with E-state index in [1.807, 2.05) is 36.6 Å². The molecule has 2 rings (SSSR count). The lowest BCUT2D eigenvalue weighted by atomic mass is 10.1. The molecule has 0 bridgehead atoms. The number of nitriles is 1. The van der Waals surface area contributed by atoms with Crippen LogP contribution in [-0.4, -0.2) is 0 Å². The average molecular weight is 275 g/mol. The normalized spacial score (nSPS) is 11.8. The largest absolute Gasteiger partial charge is 0.397 e. The lowest BCUT2D eigenvalue weighted by Crippen LogP contribution is -2.00. The fourth-order valence-corrected chi connectivity index (χ4v) is 2.49. The summed E-state index contributed by atoms with van der Waals surface area (Å²) in [6, 6.07) is 11.5. The minimum Gasteiger partial charge on any atom is -0.397 e. The highest BCUT2D eigenvalue weighted by Gasteiger charge is 2.10. The van der Waals surface area contributed by atoms with Gasteiger partial charge in [-0.25, -0.2) is 0 Å². The van der Waals surface area contributed by atoms with Crippen LogP contribution in [0.4, 0.5) is 0 Å². The predicted molar refractivity (Wildman–Crippen MR) is 77.1 cm³/mol. The molecule has 0 fully saturated rings. The third-order valence-corrected chi connectivity index (χ3v) is 3.93. The molecule has 0 saturated carbocycles. The van der Waals surface area contributed by atoms with Gasteiger partial charge < -0.3 is 5.73 Å². The summed E-state index contributed by atoms with van der Waals surface area (Å²) >= 11 is 7.56. The number of allylic oxidation sites excluding steroid dienone is 1. The van der Waals surface area contributed by atoms with E-state index in [0.29, 0.717) is 16.3 Å². The molecule has 0 aliphatic rings. The van der Waals surface area contributed by atoms with Gasteiger partial charge in [-0.2, -0.15) is 5.26 Å². The Balaban J connectivity index is 2.54. The molecule has 0 unspecified atom stereocenters. The van der Waals surface area contributed by atoms with Crippen LogP contribution >= 0.6 is 22.9 Å². The number of nitrogens with two attached hydrogens (primary N) is 1. The number of hydrogen-bond acceptors (Lipinski definition) is 3. The standard InChI is InChI=1S/C14H11ClN2S/c1-9-4-5-10(7-12(9)15)14(17)11(8-16)13-3-2-6-18-13/h2-7H,17H2,1H3/b14-11+. The Kier molecular flexibility index (Phi) is 3.71. The number of hydrogen-bond donors (Lipinski definition) is 1. The van der Waals surface area contributed by atoms with Crippen LogP contribution in [0.5, 0.6) is 0 Å². The third kappa shape index (κ3) is 2.40. The van der Waals surface area contributed by atoms with E-state index in [4.69, 9.17) is 17.3 Å². The summed E-state index contributed by atoms with van der Waals surface area (Å²) in [4.78, 5) is 0.867. The maximum absolute atomic E-state index is 9.24. The number of halogens is 1.